The van der Waals surface area contributed by atoms with Gasteiger partial charge in [0.25, 0.3) is 5.91 Å². The van der Waals surface area contributed by atoms with Gasteiger partial charge in [0, 0.05) is 11.6 Å². The van der Waals surface area contributed by atoms with E-state index in [1.807, 2.05) is 0 Å². The first kappa shape index (κ1) is 13.6. The molecule has 17 heavy (non-hydrogen) atoms. The van der Waals surface area contributed by atoms with Crippen LogP contribution in [0.3, 0.4) is 0 Å². The molecular formula is C10H13FN2O3S. The van der Waals surface area contributed by atoms with Crippen LogP contribution in [-0.4, -0.2) is 20.4 Å². The molecule has 0 aliphatic carbocycles. The van der Waals surface area contributed by atoms with Crippen molar-refractivity contribution in [3.63, 3.8) is 0 Å². The van der Waals surface area contributed by atoms with Crippen molar-refractivity contribution in [2.45, 2.75) is 24.8 Å². The van der Waals surface area contributed by atoms with Crippen molar-refractivity contribution in [1.82, 2.24) is 5.32 Å². The second kappa shape index (κ2) is 4.80. The van der Waals surface area contributed by atoms with Crippen molar-refractivity contribution in [2.24, 2.45) is 5.14 Å². The summed E-state index contributed by atoms with van der Waals surface area (Å²) < 4.78 is 35.3. The van der Waals surface area contributed by atoms with Gasteiger partial charge in [-0.3, -0.25) is 4.79 Å². The summed E-state index contributed by atoms with van der Waals surface area (Å²) in [6.45, 7) is 3.50. The normalized spacial score (nSPS) is 11.6. The number of halogens is 1. The second-order valence-corrected chi connectivity index (χ2v) is 5.35. The van der Waals surface area contributed by atoms with Crippen LogP contribution in [0.5, 0.6) is 0 Å². The fourth-order valence-corrected chi connectivity index (χ4v) is 1.84. The molecule has 1 aromatic carbocycles. The van der Waals surface area contributed by atoms with E-state index in [-0.39, 0.29) is 11.6 Å². The van der Waals surface area contributed by atoms with Gasteiger partial charge in [-0.2, -0.15) is 0 Å². The van der Waals surface area contributed by atoms with Crippen molar-refractivity contribution in [3.8, 4) is 0 Å². The molecule has 0 aliphatic rings. The molecule has 0 heterocycles. The van der Waals surface area contributed by atoms with Crippen molar-refractivity contribution >= 4 is 15.9 Å². The average molecular weight is 260 g/mol. The van der Waals surface area contributed by atoms with E-state index in [0.717, 1.165) is 12.1 Å². The minimum atomic E-state index is -4.17. The molecule has 0 saturated heterocycles. The third-order valence-electron chi connectivity index (χ3n) is 1.92. The Balaban J connectivity index is 3.18. The van der Waals surface area contributed by atoms with Gasteiger partial charge in [0.2, 0.25) is 10.0 Å². The average Bonchev–Trinajstić information content (AvgIpc) is 2.15. The van der Waals surface area contributed by atoms with Crippen LogP contribution in [0.15, 0.2) is 23.1 Å². The molecule has 0 atom stereocenters. The maximum absolute atomic E-state index is 13.2. The fourth-order valence-electron chi connectivity index (χ4n) is 1.21. The first-order valence-electron chi connectivity index (χ1n) is 4.85. The summed E-state index contributed by atoms with van der Waals surface area (Å²) in [5.41, 5.74) is 0.0455. The van der Waals surface area contributed by atoms with Crippen molar-refractivity contribution in [1.29, 1.82) is 0 Å². The monoisotopic (exact) mass is 260 g/mol. The highest BCUT2D eigenvalue weighted by molar-refractivity contribution is 7.89. The van der Waals surface area contributed by atoms with E-state index in [1.165, 1.54) is 6.07 Å². The lowest BCUT2D eigenvalue weighted by molar-refractivity contribution is 0.0943. The minimum Gasteiger partial charge on any atom is -0.350 e. The molecule has 0 aliphatic heterocycles. The largest absolute Gasteiger partial charge is 0.350 e. The number of rotatable bonds is 3. The fraction of sp³-hybridized carbons (Fsp3) is 0.300. The zero-order valence-corrected chi connectivity index (χ0v) is 10.2. The third kappa shape index (κ3) is 3.50. The maximum atomic E-state index is 13.2. The van der Waals surface area contributed by atoms with Crippen LogP contribution in [0.4, 0.5) is 4.39 Å². The number of carbonyl (C=O) groups excluding carboxylic acids is 1. The molecule has 0 fully saturated rings. The van der Waals surface area contributed by atoms with Gasteiger partial charge in [-0.1, -0.05) is 0 Å². The lowest BCUT2D eigenvalue weighted by Crippen LogP contribution is -2.30. The molecule has 0 spiro atoms. The van der Waals surface area contributed by atoms with Crippen LogP contribution in [-0.2, 0) is 10.0 Å². The predicted molar refractivity (Wildman–Crippen MR) is 60.4 cm³/mol. The van der Waals surface area contributed by atoms with Gasteiger partial charge < -0.3 is 5.32 Å². The summed E-state index contributed by atoms with van der Waals surface area (Å²) in [6, 6.07) is 2.91. The van der Waals surface area contributed by atoms with Crippen LogP contribution < -0.4 is 10.5 Å². The number of benzene rings is 1. The van der Waals surface area contributed by atoms with E-state index in [2.05, 4.69) is 5.32 Å². The molecule has 0 bridgehead atoms. The van der Waals surface area contributed by atoms with Crippen LogP contribution >= 0.6 is 0 Å². The summed E-state index contributed by atoms with van der Waals surface area (Å²) in [6.07, 6.45) is 0. The minimum absolute atomic E-state index is 0.0455. The Bertz CT molecular complexity index is 540. The van der Waals surface area contributed by atoms with E-state index in [0.29, 0.717) is 0 Å². The third-order valence-corrected chi connectivity index (χ3v) is 2.85. The summed E-state index contributed by atoms with van der Waals surface area (Å²) in [5, 5.41) is 7.39. The highest BCUT2D eigenvalue weighted by Crippen LogP contribution is 2.15. The molecule has 1 amide bonds. The second-order valence-electron chi connectivity index (χ2n) is 3.82. The lowest BCUT2D eigenvalue weighted by atomic mass is 10.2. The van der Waals surface area contributed by atoms with Gasteiger partial charge in [-0.15, -0.1) is 0 Å². The molecule has 0 aromatic heterocycles. The van der Waals surface area contributed by atoms with Gasteiger partial charge in [0.1, 0.15) is 10.7 Å². The topological polar surface area (TPSA) is 89.3 Å². The Kier molecular flexibility index (Phi) is 3.84. The standard InChI is InChI=1S/C10H13FN2O3S/c1-6(2)13-10(14)7-3-4-8(11)9(5-7)17(12,15)16/h3-6H,1-2H3,(H,13,14)(H2,12,15,16). The zero-order chi connectivity index (χ0) is 13.2. The molecule has 1 aromatic rings. The highest BCUT2D eigenvalue weighted by atomic mass is 32.2. The Morgan fingerprint density at radius 2 is 2.00 bits per heavy atom. The number of hydrogen-bond acceptors (Lipinski definition) is 3. The smallest absolute Gasteiger partial charge is 0.251 e. The Morgan fingerprint density at radius 1 is 1.41 bits per heavy atom. The van der Waals surface area contributed by atoms with Gasteiger partial charge in [-0.05, 0) is 32.0 Å². The number of primary sulfonamides is 1. The van der Waals surface area contributed by atoms with E-state index in [1.54, 1.807) is 13.8 Å². The van der Waals surface area contributed by atoms with E-state index < -0.39 is 26.6 Å². The number of nitrogens with two attached hydrogens (primary N) is 1. The number of sulfonamides is 1. The molecule has 1 rings (SSSR count). The SMILES string of the molecule is CC(C)NC(=O)c1ccc(F)c(S(N)(=O)=O)c1. The number of amides is 1. The highest BCUT2D eigenvalue weighted by Gasteiger charge is 2.17. The number of hydrogen-bond donors (Lipinski definition) is 2. The van der Waals surface area contributed by atoms with Crippen LogP contribution in [0.1, 0.15) is 24.2 Å². The summed E-state index contributed by atoms with van der Waals surface area (Å²) in [5.74, 6) is -1.46. The van der Waals surface area contributed by atoms with Gasteiger partial charge in [0.15, 0.2) is 0 Å². The Labute approximate surface area is 98.9 Å². The van der Waals surface area contributed by atoms with Crippen molar-refractivity contribution < 1.29 is 17.6 Å². The van der Waals surface area contributed by atoms with Gasteiger partial charge in [-0.25, -0.2) is 17.9 Å². The summed E-state index contributed by atoms with van der Waals surface area (Å²) in [7, 11) is -4.17. The molecule has 5 nitrogen and oxygen atoms in total. The van der Waals surface area contributed by atoms with E-state index in [4.69, 9.17) is 5.14 Å². The van der Waals surface area contributed by atoms with Gasteiger partial charge in [0.05, 0.1) is 0 Å². The summed E-state index contributed by atoms with van der Waals surface area (Å²) in [4.78, 5) is 10.9. The Hall–Kier alpha value is -1.47. The molecule has 3 N–H and O–H groups in total. The molecule has 0 radical (unpaired) electrons. The molecule has 0 unspecified atom stereocenters. The van der Waals surface area contributed by atoms with Crippen LogP contribution in [0.2, 0.25) is 0 Å². The van der Waals surface area contributed by atoms with E-state index >= 15 is 0 Å². The van der Waals surface area contributed by atoms with Crippen LogP contribution in [0.25, 0.3) is 0 Å². The van der Waals surface area contributed by atoms with Crippen LogP contribution in [0, 0.1) is 5.82 Å². The maximum Gasteiger partial charge on any atom is 0.251 e. The molecule has 7 heteroatoms. The van der Waals surface area contributed by atoms with E-state index in [9.17, 15) is 17.6 Å². The Morgan fingerprint density at radius 3 is 2.47 bits per heavy atom. The predicted octanol–water partition coefficient (Wildman–Crippen LogP) is 0.611. The molecule has 94 valence electrons. The van der Waals surface area contributed by atoms with Gasteiger partial charge >= 0.3 is 0 Å². The lowest BCUT2D eigenvalue weighted by Gasteiger charge is -2.09. The number of carbonyl (C=O) groups is 1. The first-order valence-corrected chi connectivity index (χ1v) is 6.39. The first-order chi connectivity index (χ1) is 7.71. The summed E-state index contributed by atoms with van der Waals surface area (Å²) >= 11 is 0. The van der Waals surface area contributed by atoms with Crippen molar-refractivity contribution in [3.05, 3.63) is 29.6 Å². The molecule has 0 saturated carbocycles. The molecular weight excluding hydrogens is 247 g/mol. The zero-order valence-electron chi connectivity index (χ0n) is 9.40. The number of nitrogens with one attached hydrogen (secondary N) is 1. The quantitative estimate of drug-likeness (QED) is 0.834. The van der Waals surface area contributed by atoms with Crippen molar-refractivity contribution in [2.75, 3.05) is 0 Å².